The Morgan fingerprint density at radius 3 is 2.93 bits per heavy atom. The minimum atomic E-state index is 0.337. The molecule has 1 aromatic heterocycles. The highest BCUT2D eigenvalue weighted by Gasteiger charge is 2.07. The Morgan fingerprint density at radius 2 is 2.21 bits per heavy atom. The number of aromatic nitrogens is 1. The van der Waals surface area contributed by atoms with Crippen LogP contribution in [-0.4, -0.2) is 4.57 Å². The number of hydrogen-bond donors (Lipinski definition) is 1. The predicted molar refractivity (Wildman–Crippen MR) is 56.9 cm³/mol. The molecule has 0 saturated carbocycles. The molecule has 14 heavy (non-hydrogen) atoms. The van der Waals surface area contributed by atoms with Gasteiger partial charge in [0.05, 0.1) is 11.6 Å². The van der Waals surface area contributed by atoms with Gasteiger partial charge in [-0.2, -0.15) is 0 Å². The van der Waals surface area contributed by atoms with Crippen LogP contribution in [0.1, 0.15) is 5.56 Å². The van der Waals surface area contributed by atoms with E-state index in [4.69, 9.17) is 17.5 Å². The van der Waals surface area contributed by atoms with E-state index in [0.717, 1.165) is 16.5 Å². The van der Waals surface area contributed by atoms with Crippen LogP contribution in [0.4, 0.5) is 0 Å². The van der Waals surface area contributed by atoms with Crippen molar-refractivity contribution in [2.24, 2.45) is 12.9 Å². The number of hydrogen-bond acceptors (Lipinski definition) is 2. The van der Waals surface area contributed by atoms with Crippen molar-refractivity contribution in [1.82, 2.24) is 4.57 Å². The van der Waals surface area contributed by atoms with Gasteiger partial charge in [0.2, 0.25) is 0 Å². The van der Waals surface area contributed by atoms with Gasteiger partial charge in [-0.15, -0.1) is 0 Å². The van der Waals surface area contributed by atoms with E-state index in [1.165, 1.54) is 0 Å². The fourth-order valence-electron chi connectivity index (χ4n) is 1.56. The predicted octanol–water partition coefficient (Wildman–Crippen LogP) is 2.22. The summed E-state index contributed by atoms with van der Waals surface area (Å²) < 4.78 is 2.02. The zero-order chi connectivity index (χ0) is 10.1. The van der Waals surface area contributed by atoms with E-state index >= 15 is 0 Å². The molecule has 2 rings (SSSR count). The maximum atomic E-state index is 6.18. The molecule has 0 bridgehead atoms. The third kappa shape index (κ3) is 1.39. The summed E-state index contributed by atoms with van der Waals surface area (Å²) in [5.41, 5.74) is 2.02. The minimum Gasteiger partial charge on any atom is -0.351 e. The number of fused-ring (bicyclic) bond motifs is 1. The molecule has 0 unspecified atom stereocenters. The van der Waals surface area contributed by atoms with Crippen molar-refractivity contribution in [1.29, 1.82) is 0 Å². The quantitative estimate of drug-likeness (QED) is 0.773. The van der Waals surface area contributed by atoms with E-state index in [1.54, 1.807) is 0 Å². The van der Waals surface area contributed by atoms with E-state index in [9.17, 15) is 0 Å². The zero-order valence-corrected chi connectivity index (χ0v) is 8.58. The lowest BCUT2D eigenvalue weighted by molar-refractivity contribution is 0.124. The van der Waals surface area contributed by atoms with Gasteiger partial charge < -0.3 is 4.57 Å². The molecule has 0 amide bonds. The topological polar surface area (TPSA) is 40.2 Å². The second-order valence-electron chi connectivity index (χ2n) is 3.21. The van der Waals surface area contributed by atoms with E-state index in [1.807, 2.05) is 36.0 Å². The van der Waals surface area contributed by atoms with Crippen LogP contribution in [-0.2, 0) is 18.5 Å². The maximum Gasteiger partial charge on any atom is 0.0944 e. The molecule has 0 aliphatic heterocycles. The van der Waals surface area contributed by atoms with Gasteiger partial charge in [0.1, 0.15) is 0 Å². The van der Waals surface area contributed by atoms with Crippen molar-refractivity contribution in [3.05, 3.63) is 35.0 Å². The molecule has 4 heteroatoms. The molecular formula is C10H11ClN2O. The van der Waals surface area contributed by atoms with E-state index in [2.05, 4.69) is 4.84 Å². The summed E-state index contributed by atoms with van der Waals surface area (Å²) in [7, 11) is 1.98. The van der Waals surface area contributed by atoms with Crippen molar-refractivity contribution in [2.45, 2.75) is 6.61 Å². The molecule has 2 aromatic rings. The molecule has 0 atom stereocenters. The lowest BCUT2D eigenvalue weighted by atomic mass is 10.1. The van der Waals surface area contributed by atoms with Crippen LogP contribution in [0.5, 0.6) is 0 Å². The zero-order valence-electron chi connectivity index (χ0n) is 7.83. The van der Waals surface area contributed by atoms with Gasteiger partial charge in [0.15, 0.2) is 0 Å². The number of nitrogens with two attached hydrogens (primary N) is 1. The molecule has 74 valence electrons. The number of nitrogens with zero attached hydrogens (tertiary/aromatic N) is 1. The summed E-state index contributed by atoms with van der Waals surface area (Å²) in [6, 6.07) is 5.92. The fraction of sp³-hybridized carbons (Fsp3) is 0.200. The molecular weight excluding hydrogens is 200 g/mol. The largest absolute Gasteiger partial charge is 0.351 e. The molecule has 0 saturated heterocycles. The average Bonchev–Trinajstić information content (AvgIpc) is 2.54. The van der Waals surface area contributed by atoms with Crippen LogP contribution in [0.15, 0.2) is 24.4 Å². The molecule has 1 aromatic carbocycles. The number of halogens is 1. The Labute approximate surface area is 87.0 Å². The summed E-state index contributed by atoms with van der Waals surface area (Å²) >= 11 is 6.18. The second-order valence-corrected chi connectivity index (χ2v) is 3.59. The number of benzene rings is 1. The lowest BCUT2D eigenvalue weighted by Crippen LogP contribution is -1.99. The van der Waals surface area contributed by atoms with Crippen LogP contribution in [0.25, 0.3) is 10.9 Å². The van der Waals surface area contributed by atoms with Crippen LogP contribution in [0.2, 0.25) is 5.02 Å². The van der Waals surface area contributed by atoms with Gasteiger partial charge in [-0.05, 0) is 17.7 Å². The highest BCUT2D eigenvalue weighted by molar-refractivity contribution is 6.36. The SMILES string of the molecule is Cn1ccc2c(Cl)c(CON)ccc21. The molecule has 0 aliphatic carbocycles. The van der Waals surface area contributed by atoms with Gasteiger partial charge in [-0.25, -0.2) is 5.90 Å². The molecule has 2 N–H and O–H groups in total. The molecule has 0 spiro atoms. The Kier molecular flexibility index (Phi) is 2.46. The molecule has 0 aliphatic rings. The maximum absolute atomic E-state index is 6.18. The second kappa shape index (κ2) is 3.61. The third-order valence-corrected chi connectivity index (χ3v) is 2.77. The van der Waals surface area contributed by atoms with Gasteiger partial charge in [0, 0.05) is 24.1 Å². The van der Waals surface area contributed by atoms with Crippen LogP contribution in [0, 0.1) is 0 Å². The third-order valence-electron chi connectivity index (χ3n) is 2.32. The Balaban J connectivity index is 2.63. The number of aryl methyl sites for hydroxylation is 1. The first-order valence-corrected chi connectivity index (χ1v) is 4.66. The Bertz CT molecular complexity index is 464. The summed E-state index contributed by atoms with van der Waals surface area (Å²) in [6.07, 6.45) is 1.98. The van der Waals surface area contributed by atoms with E-state index in [-0.39, 0.29) is 0 Å². The minimum absolute atomic E-state index is 0.337. The first-order chi connectivity index (χ1) is 6.74. The molecule has 3 nitrogen and oxygen atoms in total. The van der Waals surface area contributed by atoms with Crippen molar-refractivity contribution in [3.63, 3.8) is 0 Å². The van der Waals surface area contributed by atoms with Crippen LogP contribution < -0.4 is 5.90 Å². The van der Waals surface area contributed by atoms with Gasteiger partial charge in [-0.3, -0.25) is 4.84 Å². The number of rotatable bonds is 2. The average molecular weight is 211 g/mol. The highest BCUT2D eigenvalue weighted by atomic mass is 35.5. The Morgan fingerprint density at radius 1 is 1.43 bits per heavy atom. The highest BCUT2D eigenvalue weighted by Crippen LogP contribution is 2.27. The van der Waals surface area contributed by atoms with Crippen molar-refractivity contribution < 1.29 is 4.84 Å². The normalized spacial score (nSPS) is 11.1. The van der Waals surface area contributed by atoms with Gasteiger partial charge in [0.25, 0.3) is 0 Å². The Hall–Kier alpha value is -1.03. The van der Waals surface area contributed by atoms with E-state index < -0.39 is 0 Å². The van der Waals surface area contributed by atoms with Crippen LogP contribution >= 0.6 is 11.6 Å². The summed E-state index contributed by atoms with van der Waals surface area (Å²) in [5, 5.41) is 1.75. The first-order valence-electron chi connectivity index (χ1n) is 4.28. The van der Waals surface area contributed by atoms with Gasteiger partial charge in [-0.1, -0.05) is 17.7 Å². The lowest BCUT2D eigenvalue weighted by Gasteiger charge is -2.04. The summed E-state index contributed by atoms with van der Waals surface area (Å²) in [4.78, 5) is 4.57. The molecule has 0 radical (unpaired) electrons. The van der Waals surface area contributed by atoms with Crippen LogP contribution in [0.3, 0.4) is 0 Å². The smallest absolute Gasteiger partial charge is 0.0944 e. The fourth-order valence-corrected chi connectivity index (χ4v) is 1.84. The molecule has 1 heterocycles. The van der Waals surface area contributed by atoms with Crippen molar-refractivity contribution in [2.75, 3.05) is 0 Å². The van der Waals surface area contributed by atoms with Gasteiger partial charge >= 0.3 is 0 Å². The standard InChI is InChI=1S/C10H11ClN2O/c1-13-5-4-8-9(13)3-2-7(6-14-12)10(8)11/h2-5H,6,12H2,1H3. The van der Waals surface area contributed by atoms with Crippen molar-refractivity contribution in [3.8, 4) is 0 Å². The molecule has 0 fully saturated rings. The van der Waals surface area contributed by atoms with E-state index in [0.29, 0.717) is 11.6 Å². The monoisotopic (exact) mass is 210 g/mol. The summed E-state index contributed by atoms with van der Waals surface area (Å²) in [5.74, 6) is 5.01. The van der Waals surface area contributed by atoms with Crippen molar-refractivity contribution >= 4 is 22.5 Å². The first kappa shape index (κ1) is 9.52. The summed E-state index contributed by atoms with van der Waals surface area (Å²) in [6.45, 7) is 0.337.